The standard InChI is InChI=1S/C16H20ClN3O2/c1-10-5-14-11(7-13(10)17)6-12(19-14)8-18-16(21)15-9-22-4-3-20(15)2/h5-7,15,19H,3-4,8-9H2,1-2H3,(H,18,21). The number of nitrogens with zero attached hydrogens (tertiary/aromatic N) is 1. The highest BCUT2D eigenvalue weighted by atomic mass is 35.5. The summed E-state index contributed by atoms with van der Waals surface area (Å²) >= 11 is 6.14. The van der Waals surface area contributed by atoms with Crippen LogP contribution < -0.4 is 5.32 Å². The molecule has 2 N–H and O–H groups in total. The molecule has 1 aliphatic heterocycles. The number of benzene rings is 1. The van der Waals surface area contributed by atoms with E-state index in [4.69, 9.17) is 16.3 Å². The summed E-state index contributed by atoms with van der Waals surface area (Å²) < 4.78 is 5.38. The second kappa shape index (κ2) is 6.28. The number of amides is 1. The van der Waals surface area contributed by atoms with Crippen LogP contribution in [0.2, 0.25) is 5.02 Å². The number of hydrogen-bond acceptors (Lipinski definition) is 3. The van der Waals surface area contributed by atoms with Gasteiger partial charge in [0.1, 0.15) is 6.04 Å². The van der Waals surface area contributed by atoms with Crippen molar-refractivity contribution in [3.63, 3.8) is 0 Å². The van der Waals surface area contributed by atoms with Crippen molar-refractivity contribution in [1.82, 2.24) is 15.2 Å². The van der Waals surface area contributed by atoms with Gasteiger partial charge >= 0.3 is 0 Å². The van der Waals surface area contributed by atoms with Crippen molar-refractivity contribution in [2.24, 2.45) is 0 Å². The van der Waals surface area contributed by atoms with Crippen molar-refractivity contribution in [2.75, 3.05) is 26.8 Å². The van der Waals surface area contributed by atoms with Gasteiger partial charge in [0, 0.05) is 28.2 Å². The normalized spacial score (nSPS) is 19.5. The zero-order valence-electron chi connectivity index (χ0n) is 12.8. The molecular weight excluding hydrogens is 302 g/mol. The number of halogens is 1. The fraction of sp³-hybridized carbons (Fsp3) is 0.438. The van der Waals surface area contributed by atoms with Gasteiger partial charge in [-0.3, -0.25) is 9.69 Å². The number of aryl methyl sites for hydroxylation is 1. The lowest BCUT2D eigenvalue weighted by atomic mass is 10.2. The van der Waals surface area contributed by atoms with Gasteiger partial charge in [-0.2, -0.15) is 0 Å². The Bertz CT molecular complexity index is 659. The minimum absolute atomic E-state index is 0.00457. The van der Waals surface area contributed by atoms with Gasteiger partial charge in [0.05, 0.1) is 19.8 Å². The summed E-state index contributed by atoms with van der Waals surface area (Å²) in [5.74, 6) is -0.00457. The van der Waals surface area contributed by atoms with Crippen LogP contribution in [0.25, 0.3) is 10.9 Å². The van der Waals surface area contributed by atoms with Gasteiger partial charge in [0.15, 0.2) is 0 Å². The van der Waals surface area contributed by atoms with Crippen molar-refractivity contribution in [3.05, 3.63) is 34.5 Å². The number of carbonyl (C=O) groups is 1. The smallest absolute Gasteiger partial charge is 0.240 e. The third-order valence-electron chi connectivity index (χ3n) is 4.11. The number of ether oxygens (including phenoxy) is 1. The molecule has 0 spiro atoms. The van der Waals surface area contributed by atoms with E-state index >= 15 is 0 Å². The Labute approximate surface area is 134 Å². The second-order valence-corrected chi connectivity index (χ2v) is 6.18. The lowest BCUT2D eigenvalue weighted by molar-refractivity contribution is -0.131. The Morgan fingerprint density at radius 1 is 1.50 bits per heavy atom. The van der Waals surface area contributed by atoms with Gasteiger partial charge in [-0.05, 0) is 37.7 Å². The number of aromatic amines is 1. The summed E-state index contributed by atoms with van der Waals surface area (Å²) in [5, 5.41) is 4.77. The molecule has 6 heteroatoms. The van der Waals surface area contributed by atoms with Gasteiger partial charge in [-0.1, -0.05) is 11.6 Å². The molecule has 0 radical (unpaired) electrons. The molecule has 0 saturated carbocycles. The third kappa shape index (κ3) is 3.11. The van der Waals surface area contributed by atoms with E-state index < -0.39 is 0 Å². The minimum Gasteiger partial charge on any atom is -0.378 e. The summed E-state index contributed by atoms with van der Waals surface area (Å²) in [7, 11) is 1.94. The van der Waals surface area contributed by atoms with E-state index in [1.165, 1.54) is 0 Å². The molecule has 0 bridgehead atoms. The van der Waals surface area contributed by atoms with E-state index in [1.54, 1.807) is 0 Å². The number of nitrogens with one attached hydrogen (secondary N) is 2. The van der Waals surface area contributed by atoms with E-state index in [9.17, 15) is 4.79 Å². The SMILES string of the molecule is Cc1cc2[nH]c(CNC(=O)C3COCCN3C)cc2cc1Cl. The summed E-state index contributed by atoms with van der Waals surface area (Å²) in [6.07, 6.45) is 0. The maximum atomic E-state index is 12.2. The van der Waals surface area contributed by atoms with E-state index in [0.29, 0.717) is 19.8 Å². The Balaban J connectivity index is 1.67. The molecule has 1 aliphatic rings. The molecule has 1 amide bonds. The van der Waals surface area contributed by atoms with Crippen molar-refractivity contribution in [2.45, 2.75) is 19.5 Å². The maximum absolute atomic E-state index is 12.2. The number of rotatable bonds is 3. The first-order valence-electron chi connectivity index (χ1n) is 7.38. The summed E-state index contributed by atoms with van der Waals surface area (Å²) in [6.45, 7) is 4.35. The first-order chi connectivity index (χ1) is 10.5. The van der Waals surface area contributed by atoms with Crippen LogP contribution in [0.4, 0.5) is 0 Å². The van der Waals surface area contributed by atoms with E-state index in [-0.39, 0.29) is 11.9 Å². The first-order valence-corrected chi connectivity index (χ1v) is 7.76. The maximum Gasteiger partial charge on any atom is 0.240 e. The lowest BCUT2D eigenvalue weighted by Crippen LogP contribution is -2.51. The van der Waals surface area contributed by atoms with Crippen molar-refractivity contribution in [3.8, 4) is 0 Å². The number of carbonyl (C=O) groups excluding carboxylic acids is 1. The highest BCUT2D eigenvalue weighted by molar-refractivity contribution is 6.32. The summed E-state index contributed by atoms with van der Waals surface area (Å²) in [4.78, 5) is 17.6. The fourth-order valence-corrected chi connectivity index (χ4v) is 2.85. The molecule has 2 heterocycles. The molecular formula is C16H20ClN3O2. The van der Waals surface area contributed by atoms with Crippen LogP contribution in [0.3, 0.4) is 0 Å². The van der Waals surface area contributed by atoms with E-state index in [0.717, 1.165) is 33.7 Å². The number of fused-ring (bicyclic) bond motifs is 1. The van der Waals surface area contributed by atoms with Crippen LogP contribution in [0, 0.1) is 6.92 Å². The molecule has 0 aliphatic carbocycles. The first kappa shape index (κ1) is 15.3. The van der Waals surface area contributed by atoms with Crippen molar-refractivity contribution >= 4 is 28.4 Å². The van der Waals surface area contributed by atoms with Crippen molar-refractivity contribution in [1.29, 1.82) is 0 Å². The molecule has 1 saturated heterocycles. The van der Waals surface area contributed by atoms with Crippen LogP contribution in [-0.2, 0) is 16.1 Å². The number of morpholine rings is 1. The number of hydrogen-bond donors (Lipinski definition) is 2. The Morgan fingerprint density at radius 2 is 2.32 bits per heavy atom. The Kier molecular flexibility index (Phi) is 4.38. The van der Waals surface area contributed by atoms with E-state index in [1.807, 2.05) is 37.1 Å². The van der Waals surface area contributed by atoms with Gasteiger partial charge in [0.2, 0.25) is 5.91 Å². The van der Waals surface area contributed by atoms with Gasteiger partial charge in [0.25, 0.3) is 0 Å². The predicted octanol–water partition coefficient (Wildman–Crippen LogP) is 2.08. The third-order valence-corrected chi connectivity index (χ3v) is 4.51. The van der Waals surface area contributed by atoms with Crippen LogP contribution >= 0.6 is 11.6 Å². The molecule has 1 aromatic heterocycles. The molecule has 1 atom stereocenters. The van der Waals surface area contributed by atoms with Crippen LogP contribution in [0.15, 0.2) is 18.2 Å². The number of H-pyrrole nitrogens is 1. The molecule has 1 unspecified atom stereocenters. The van der Waals surface area contributed by atoms with Gasteiger partial charge in [-0.25, -0.2) is 0 Å². The summed E-state index contributed by atoms with van der Waals surface area (Å²) in [5.41, 5.74) is 3.03. The van der Waals surface area contributed by atoms with Crippen LogP contribution in [0.1, 0.15) is 11.3 Å². The molecule has 3 rings (SSSR count). The predicted molar refractivity (Wildman–Crippen MR) is 87.1 cm³/mol. The highest BCUT2D eigenvalue weighted by Gasteiger charge is 2.26. The average molecular weight is 322 g/mol. The summed E-state index contributed by atoms with van der Waals surface area (Å²) in [6, 6.07) is 5.76. The van der Waals surface area contributed by atoms with Crippen LogP contribution in [-0.4, -0.2) is 48.6 Å². The second-order valence-electron chi connectivity index (χ2n) is 5.77. The fourth-order valence-electron chi connectivity index (χ4n) is 2.68. The average Bonchev–Trinajstić information content (AvgIpc) is 2.87. The largest absolute Gasteiger partial charge is 0.378 e. The van der Waals surface area contributed by atoms with Crippen LogP contribution in [0.5, 0.6) is 0 Å². The zero-order valence-corrected chi connectivity index (χ0v) is 13.5. The zero-order chi connectivity index (χ0) is 15.7. The van der Waals surface area contributed by atoms with Gasteiger partial charge < -0.3 is 15.0 Å². The quantitative estimate of drug-likeness (QED) is 0.910. The monoisotopic (exact) mass is 321 g/mol. The Morgan fingerprint density at radius 3 is 3.09 bits per heavy atom. The number of likely N-dealkylation sites (N-methyl/N-ethyl adjacent to an activating group) is 1. The molecule has 2 aromatic rings. The Hall–Kier alpha value is -1.56. The van der Waals surface area contributed by atoms with Crippen molar-refractivity contribution < 1.29 is 9.53 Å². The topological polar surface area (TPSA) is 57.4 Å². The molecule has 118 valence electrons. The van der Waals surface area contributed by atoms with Gasteiger partial charge in [-0.15, -0.1) is 0 Å². The molecule has 22 heavy (non-hydrogen) atoms. The minimum atomic E-state index is -0.213. The number of aromatic nitrogens is 1. The molecule has 1 aromatic carbocycles. The highest BCUT2D eigenvalue weighted by Crippen LogP contribution is 2.23. The van der Waals surface area contributed by atoms with E-state index in [2.05, 4.69) is 10.3 Å². The lowest BCUT2D eigenvalue weighted by Gasteiger charge is -2.31. The molecule has 1 fully saturated rings. The molecule has 5 nitrogen and oxygen atoms in total.